The van der Waals surface area contributed by atoms with Crippen LogP contribution in [0.1, 0.15) is 79.0 Å². The molecule has 0 radical (unpaired) electrons. The highest BCUT2D eigenvalue weighted by molar-refractivity contribution is 7.99. The van der Waals surface area contributed by atoms with Gasteiger partial charge in [0.25, 0.3) is 11.8 Å². The lowest BCUT2D eigenvalue weighted by atomic mass is 10.1. The number of nitrogens with one attached hydrogen (secondary N) is 2. The van der Waals surface area contributed by atoms with E-state index in [0.29, 0.717) is 23.4 Å². The zero-order chi connectivity index (χ0) is 25.3. The second-order valence-electron chi connectivity index (χ2n) is 8.47. The minimum Gasteiger partial charge on any atom is -0.351 e. The Bertz CT molecular complexity index is 904. The third kappa shape index (κ3) is 11.4. The van der Waals surface area contributed by atoms with E-state index in [4.69, 9.17) is 0 Å². The molecule has 35 heavy (non-hydrogen) atoms. The summed E-state index contributed by atoms with van der Waals surface area (Å²) in [4.78, 5) is 27.4. The highest BCUT2D eigenvalue weighted by atomic mass is 32.2. The number of carbonyl (C=O) groups excluding carboxylic acids is 2. The van der Waals surface area contributed by atoms with Gasteiger partial charge >= 0.3 is 0 Å². The topological polar surface area (TPSA) is 58.2 Å². The molecule has 0 aliphatic heterocycles. The maximum atomic E-state index is 12.9. The van der Waals surface area contributed by atoms with Gasteiger partial charge in [0.1, 0.15) is 0 Å². The first kappa shape index (κ1) is 29.7. The predicted molar refractivity (Wildman–Crippen MR) is 157 cm³/mol. The van der Waals surface area contributed by atoms with Crippen LogP contribution in [0.3, 0.4) is 0 Å². The fourth-order valence-corrected chi connectivity index (χ4v) is 5.39. The standard InChI is InChI=1S/C28H40N2O2S3/c1-4-5-6-7-8-9-10-11-19-35-24-15-12-22(13-16-24)28(32)30-25-21-23(14-17-26(25)34-3)27(31)29-18-20-33-2/h12-17,21H,4-11,18-20H2,1-3H3,(H,29,31)(H,30,32). The molecule has 2 rings (SSSR count). The van der Waals surface area contributed by atoms with E-state index in [-0.39, 0.29) is 11.8 Å². The molecular formula is C28H40N2O2S3. The van der Waals surface area contributed by atoms with Crippen LogP contribution in [0.4, 0.5) is 5.69 Å². The average molecular weight is 533 g/mol. The molecule has 0 bridgehead atoms. The molecule has 2 aromatic carbocycles. The number of rotatable bonds is 17. The van der Waals surface area contributed by atoms with E-state index in [1.807, 2.05) is 54.6 Å². The fourth-order valence-electron chi connectivity index (χ4n) is 3.64. The minimum absolute atomic E-state index is 0.125. The number of benzene rings is 2. The Labute approximate surface area is 224 Å². The van der Waals surface area contributed by atoms with Crippen molar-refractivity contribution < 1.29 is 9.59 Å². The number of hydrogen-bond donors (Lipinski definition) is 2. The van der Waals surface area contributed by atoms with Crippen LogP contribution in [0.5, 0.6) is 0 Å². The van der Waals surface area contributed by atoms with E-state index >= 15 is 0 Å². The maximum absolute atomic E-state index is 12.9. The van der Waals surface area contributed by atoms with Crippen LogP contribution in [0.2, 0.25) is 0 Å². The first-order valence-electron chi connectivity index (χ1n) is 12.6. The maximum Gasteiger partial charge on any atom is 0.255 e. The Morgan fingerprint density at radius 1 is 0.771 bits per heavy atom. The minimum atomic E-state index is -0.167. The normalized spacial score (nSPS) is 10.8. The van der Waals surface area contributed by atoms with Crippen molar-refractivity contribution in [3.63, 3.8) is 0 Å². The van der Waals surface area contributed by atoms with Crippen molar-refractivity contribution in [1.29, 1.82) is 0 Å². The molecule has 7 heteroatoms. The van der Waals surface area contributed by atoms with Gasteiger partial charge in [-0.1, -0.05) is 51.9 Å². The van der Waals surface area contributed by atoms with Crippen LogP contribution < -0.4 is 10.6 Å². The second-order valence-corrected chi connectivity index (χ2v) is 11.5. The third-order valence-electron chi connectivity index (χ3n) is 5.68. The predicted octanol–water partition coefficient (Wildman–Crippen LogP) is 7.99. The van der Waals surface area contributed by atoms with E-state index in [9.17, 15) is 9.59 Å². The molecule has 0 aliphatic carbocycles. The largest absolute Gasteiger partial charge is 0.351 e. The van der Waals surface area contributed by atoms with Crippen molar-refractivity contribution in [2.45, 2.75) is 68.1 Å². The molecule has 0 heterocycles. The van der Waals surface area contributed by atoms with Crippen molar-refractivity contribution in [3.8, 4) is 0 Å². The van der Waals surface area contributed by atoms with Crippen LogP contribution in [0.25, 0.3) is 0 Å². The van der Waals surface area contributed by atoms with Crippen molar-refractivity contribution in [1.82, 2.24) is 5.32 Å². The molecule has 2 N–H and O–H groups in total. The van der Waals surface area contributed by atoms with Gasteiger partial charge in [-0.05, 0) is 67.1 Å². The van der Waals surface area contributed by atoms with Gasteiger partial charge in [0.15, 0.2) is 0 Å². The number of anilines is 1. The van der Waals surface area contributed by atoms with Gasteiger partial charge in [-0.2, -0.15) is 11.8 Å². The summed E-state index contributed by atoms with van der Waals surface area (Å²) < 4.78 is 0. The second kappa shape index (κ2) is 17.8. The van der Waals surface area contributed by atoms with E-state index in [1.54, 1.807) is 35.7 Å². The number of carbonyl (C=O) groups is 2. The fraction of sp³-hybridized carbons (Fsp3) is 0.500. The summed E-state index contributed by atoms with van der Waals surface area (Å²) in [7, 11) is 0. The Hall–Kier alpha value is -1.57. The summed E-state index contributed by atoms with van der Waals surface area (Å²) >= 11 is 5.09. The monoisotopic (exact) mass is 532 g/mol. The molecule has 2 amide bonds. The summed E-state index contributed by atoms with van der Waals surface area (Å²) in [5, 5.41) is 5.91. The smallest absolute Gasteiger partial charge is 0.255 e. The third-order valence-corrected chi connectivity index (χ3v) is 8.19. The van der Waals surface area contributed by atoms with Gasteiger partial charge in [-0.25, -0.2) is 0 Å². The summed E-state index contributed by atoms with van der Waals surface area (Å²) in [5.74, 6) is 1.69. The molecule has 0 atom stereocenters. The van der Waals surface area contributed by atoms with Crippen LogP contribution in [-0.2, 0) is 0 Å². The highest BCUT2D eigenvalue weighted by Gasteiger charge is 2.13. The molecule has 0 fully saturated rings. The van der Waals surface area contributed by atoms with E-state index in [1.165, 1.54) is 56.3 Å². The Balaban J connectivity index is 1.83. The lowest BCUT2D eigenvalue weighted by molar-refractivity contribution is 0.0954. The Kier molecular flexibility index (Phi) is 15.1. The van der Waals surface area contributed by atoms with Gasteiger partial charge in [0, 0.05) is 33.2 Å². The SMILES string of the molecule is CCCCCCCCCCSc1ccc(C(=O)Nc2cc(C(=O)NCCSC)ccc2SC)cc1. The van der Waals surface area contributed by atoms with Gasteiger partial charge in [-0.3, -0.25) is 9.59 Å². The quantitative estimate of drug-likeness (QED) is 0.160. The molecule has 0 unspecified atom stereocenters. The molecular weight excluding hydrogens is 493 g/mol. The van der Waals surface area contributed by atoms with Crippen LogP contribution in [0.15, 0.2) is 52.3 Å². The van der Waals surface area contributed by atoms with Crippen LogP contribution >= 0.6 is 35.3 Å². The molecule has 192 valence electrons. The van der Waals surface area contributed by atoms with Crippen LogP contribution in [0, 0.1) is 0 Å². The summed E-state index contributed by atoms with van der Waals surface area (Å²) in [6.07, 6.45) is 14.6. The highest BCUT2D eigenvalue weighted by Crippen LogP contribution is 2.27. The summed E-state index contributed by atoms with van der Waals surface area (Å²) in [5.41, 5.74) is 1.82. The Morgan fingerprint density at radius 3 is 2.09 bits per heavy atom. The van der Waals surface area contributed by atoms with Gasteiger partial charge in [0.05, 0.1) is 5.69 Å². The number of hydrogen-bond acceptors (Lipinski definition) is 5. The van der Waals surface area contributed by atoms with Gasteiger partial charge < -0.3 is 10.6 Å². The lowest BCUT2D eigenvalue weighted by Crippen LogP contribution is -2.25. The molecule has 2 aromatic rings. The summed E-state index contributed by atoms with van der Waals surface area (Å²) in [6, 6.07) is 13.2. The van der Waals surface area contributed by atoms with Crippen molar-refractivity contribution in [2.24, 2.45) is 0 Å². The first-order valence-corrected chi connectivity index (χ1v) is 16.2. The zero-order valence-electron chi connectivity index (χ0n) is 21.4. The molecule has 4 nitrogen and oxygen atoms in total. The molecule has 0 saturated carbocycles. The van der Waals surface area contributed by atoms with Crippen molar-refractivity contribution in [2.75, 3.05) is 35.9 Å². The van der Waals surface area contributed by atoms with Gasteiger partial charge in [0.2, 0.25) is 0 Å². The van der Waals surface area contributed by atoms with E-state index in [2.05, 4.69) is 17.6 Å². The van der Waals surface area contributed by atoms with Crippen LogP contribution in [-0.4, -0.2) is 42.4 Å². The zero-order valence-corrected chi connectivity index (χ0v) is 23.8. The molecule has 0 aliphatic rings. The van der Waals surface area contributed by atoms with Crippen molar-refractivity contribution in [3.05, 3.63) is 53.6 Å². The molecule has 0 saturated heterocycles. The summed E-state index contributed by atoms with van der Waals surface area (Å²) in [6.45, 7) is 2.88. The molecule has 0 aromatic heterocycles. The molecule has 0 spiro atoms. The number of unbranched alkanes of at least 4 members (excludes halogenated alkanes) is 7. The average Bonchev–Trinajstić information content (AvgIpc) is 2.88. The Morgan fingerprint density at radius 2 is 1.43 bits per heavy atom. The first-order chi connectivity index (χ1) is 17.1. The van der Waals surface area contributed by atoms with Gasteiger partial charge in [-0.15, -0.1) is 23.5 Å². The number of amides is 2. The van der Waals surface area contributed by atoms with E-state index in [0.717, 1.165) is 16.4 Å². The van der Waals surface area contributed by atoms with Crippen molar-refractivity contribution >= 4 is 52.8 Å². The lowest BCUT2D eigenvalue weighted by Gasteiger charge is -2.12. The van der Waals surface area contributed by atoms with E-state index < -0.39 is 0 Å². The number of thioether (sulfide) groups is 3.